The molecule has 8 heteroatoms. The van der Waals surface area contributed by atoms with Gasteiger partial charge in [-0.2, -0.15) is 0 Å². The molecule has 2 aromatic carbocycles. The average Bonchev–Trinajstić information content (AvgIpc) is 2.62. The molecule has 0 bridgehead atoms. The van der Waals surface area contributed by atoms with E-state index in [2.05, 4.69) is 14.7 Å². The molecule has 128 valence electrons. The first-order valence-electron chi connectivity index (χ1n) is 7.33. The van der Waals surface area contributed by atoms with Crippen LogP contribution in [-0.4, -0.2) is 25.4 Å². The number of nitrogens with zero attached hydrogens (tertiary/aromatic N) is 2. The monoisotopic (exact) mass is 358 g/mol. The number of benzene rings is 2. The Morgan fingerprint density at radius 2 is 1.68 bits per heavy atom. The van der Waals surface area contributed by atoms with Crippen LogP contribution in [0, 0.1) is 5.82 Å². The molecule has 0 amide bonds. The molecule has 0 radical (unpaired) electrons. The van der Waals surface area contributed by atoms with Crippen LogP contribution in [0.15, 0.2) is 59.8 Å². The number of hydrogen-bond donors (Lipinski definition) is 2. The van der Waals surface area contributed by atoms with Crippen molar-refractivity contribution in [2.75, 3.05) is 12.8 Å². The van der Waals surface area contributed by atoms with E-state index in [1.807, 2.05) is 0 Å². The highest BCUT2D eigenvalue weighted by molar-refractivity contribution is 7.89. The molecule has 0 aliphatic rings. The van der Waals surface area contributed by atoms with Crippen LogP contribution in [0.5, 0.6) is 0 Å². The van der Waals surface area contributed by atoms with Crippen molar-refractivity contribution in [1.29, 1.82) is 0 Å². The predicted octanol–water partition coefficient (Wildman–Crippen LogP) is 2.44. The van der Waals surface area contributed by atoms with Gasteiger partial charge < -0.3 is 5.73 Å². The van der Waals surface area contributed by atoms with Crippen LogP contribution in [-0.2, 0) is 10.0 Å². The first-order valence-corrected chi connectivity index (χ1v) is 8.81. The molecular formula is C17H15FN4O2S. The fourth-order valence-corrected chi connectivity index (χ4v) is 3.40. The summed E-state index contributed by atoms with van der Waals surface area (Å²) in [5, 5.41) is 0. The Balaban J connectivity index is 2.10. The Morgan fingerprint density at radius 3 is 2.32 bits per heavy atom. The van der Waals surface area contributed by atoms with Crippen LogP contribution >= 0.6 is 0 Å². The summed E-state index contributed by atoms with van der Waals surface area (Å²) in [5.74, 6) is -0.408. The second-order valence-electron chi connectivity index (χ2n) is 5.23. The summed E-state index contributed by atoms with van der Waals surface area (Å²) in [6.45, 7) is 0. The van der Waals surface area contributed by atoms with Gasteiger partial charge in [0.1, 0.15) is 5.82 Å². The Hall–Kier alpha value is -2.84. The van der Waals surface area contributed by atoms with Crippen molar-refractivity contribution in [3.8, 4) is 22.3 Å². The summed E-state index contributed by atoms with van der Waals surface area (Å²) in [4.78, 5) is 7.78. The maximum Gasteiger partial charge on any atom is 0.240 e. The maximum absolute atomic E-state index is 14.6. The average molecular weight is 358 g/mol. The molecule has 0 unspecified atom stereocenters. The molecule has 0 aliphatic carbocycles. The zero-order valence-corrected chi connectivity index (χ0v) is 14.1. The van der Waals surface area contributed by atoms with E-state index in [9.17, 15) is 12.8 Å². The Labute approximate surface area is 144 Å². The minimum absolute atomic E-state index is 0.0838. The van der Waals surface area contributed by atoms with Crippen molar-refractivity contribution in [3.05, 3.63) is 60.7 Å². The van der Waals surface area contributed by atoms with Crippen LogP contribution in [0.4, 0.5) is 10.3 Å². The maximum atomic E-state index is 14.6. The highest BCUT2D eigenvalue weighted by Crippen LogP contribution is 2.31. The van der Waals surface area contributed by atoms with E-state index >= 15 is 0 Å². The predicted molar refractivity (Wildman–Crippen MR) is 93.5 cm³/mol. The first-order chi connectivity index (χ1) is 11.9. The molecule has 0 fully saturated rings. The fourth-order valence-electron chi connectivity index (χ4n) is 2.44. The minimum atomic E-state index is -3.66. The Morgan fingerprint density at radius 1 is 1.00 bits per heavy atom. The summed E-state index contributed by atoms with van der Waals surface area (Å²) in [6, 6.07) is 10.9. The van der Waals surface area contributed by atoms with Crippen LogP contribution in [0.25, 0.3) is 22.3 Å². The lowest BCUT2D eigenvalue weighted by molar-refractivity contribution is 0.588. The number of nitrogen functional groups attached to an aromatic ring is 1. The summed E-state index contributed by atoms with van der Waals surface area (Å²) in [5.41, 5.74) is 7.08. The fraction of sp³-hybridized carbons (Fsp3) is 0.0588. The van der Waals surface area contributed by atoms with Crippen LogP contribution in [0.3, 0.4) is 0 Å². The van der Waals surface area contributed by atoms with E-state index in [4.69, 9.17) is 5.73 Å². The van der Waals surface area contributed by atoms with Gasteiger partial charge >= 0.3 is 0 Å². The van der Waals surface area contributed by atoms with Crippen LogP contribution in [0.2, 0.25) is 0 Å². The highest BCUT2D eigenvalue weighted by atomic mass is 32.2. The van der Waals surface area contributed by atoms with E-state index in [1.54, 1.807) is 30.3 Å². The number of nitrogens with two attached hydrogens (primary N) is 1. The Bertz CT molecular complexity index is 1020. The molecule has 0 aliphatic heterocycles. The topological polar surface area (TPSA) is 98.0 Å². The van der Waals surface area contributed by atoms with E-state index in [0.29, 0.717) is 22.3 Å². The third-order valence-corrected chi connectivity index (χ3v) is 5.18. The molecule has 1 aromatic heterocycles. The van der Waals surface area contributed by atoms with E-state index in [1.165, 1.54) is 31.6 Å². The number of halogens is 1. The van der Waals surface area contributed by atoms with Crippen LogP contribution < -0.4 is 10.5 Å². The van der Waals surface area contributed by atoms with Gasteiger partial charge in [-0.1, -0.05) is 30.3 Å². The first kappa shape index (κ1) is 17.0. The number of aromatic nitrogens is 2. The van der Waals surface area contributed by atoms with Gasteiger partial charge in [-0.05, 0) is 24.7 Å². The van der Waals surface area contributed by atoms with Crippen molar-refractivity contribution >= 4 is 16.0 Å². The molecule has 3 rings (SSSR count). The second-order valence-corrected chi connectivity index (χ2v) is 7.08. The zero-order valence-electron chi connectivity index (χ0n) is 13.3. The van der Waals surface area contributed by atoms with Gasteiger partial charge in [-0.15, -0.1) is 0 Å². The Kier molecular flexibility index (Phi) is 4.47. The number of rotatable bonds is 4. The normalized spacial score (nSPS) is 11.4. The summed E-state index contributed by atoms with van der Waals surface area (Å²) in [7, 11) is -2.33. The molecule has 1 heterocycles. The largest absolute Gasteiger partial charge is 0.368 e. The number of hydrogen-bond acceptors (Lipinski definition) is 5. The quantitative estimate of drug-likeness (QED) is 0.746. The molecular weight excluding hydrogens is 343 g/mol. The lowest BCUT2D eigenvalue weighted by Crippen LogP contribution is -2.19. The lowest BCUT2D eigenvalue weighted by atomic mass is 10.0. The molecule has 0 spiro atoms. The van der Waals surface area contributed by atoms with E-state index in [0.717, 1.165) is 0 Å². The van der Waals surface area contributed by atoms with Crippen molar-refractivity contribution in [3.63, 3.8) is 0 Å². The van der Waals surface area contributed by atoms with Crippen molar-refractivity contribution in [2.45, 2.75) is 4.90 Å². The smallest absolute Gasteiger partial charge is 0.240 e. The molecule has 0 atom stereocenters. The molecule has 3 N–H and O–H groups in total. The summed E-state index contributed by atoms with van der Waals surface area (Å²) >= 11 is 0. The number of nitrogens with one attached hydrogen (secondary N) is 1. The van der Waals surface area contributed by atoms with Crippen molar-refractivity contribution in [1.82, 2.24) is 14.7 Å². The summed E-state index contributed by atoms with van der Waals surface area (Å²) < 4.78 is 41.2. The SMILES string of the molecule is CNS(=O)(=O)c1ccccc1-c1ccc(-c2cnc(N)nc2)c(F)c1. The molecule has 6 nitrogen and oxygen atoms in total. The van der Waals surface area contributed by atoms with E-state index < -0.39 is 15.8 Å². The number of anilines is 1. The molecule has 25 heavy (non-hydrogen) atoms. The van der Waals surface area contributed by atoms with E-state index in [-0.39, 0.29) is 10.8 Å². The third kappa shape index (κ3) is 3.35. The van der Waals surface area contributed by atoms with Gasteiger partial charge in [-0.25, -0.2) is 27.5 Å². The third-order valence-electron chi connectivity index (χ3n) is 3.71. The van der Waals surface area contributed by atoms with Crippen molar-refractivity contribution < 1.29 is 12.8 Å². The highest BCUT2D eigenvalue weighted by Gasteiger charge is 2.18. The number of sulfonamides is 1. The lowest BCUT2D eigenvalue weighted by Gasteiger charge is -2.11. The van der Waals surface area contributed by atoms with Gasteiger partial charge in [0.2, 0.25) is 16.0 Å². The standard InChI is InChI=1S/C17H15FN4O2S/c1-20-25(23,24)16-5-3-2-4-14(16)11-6-7-13(15(18)8-11)12-9-21-17(19)22-10-12/h2-10,20H,1H3,(H2,19,21,22). The molecule has 3 aromatic rings. The van der Waals surface area contributed by atoms with Gasteiger partial charge in [0.05, 0.1) is 4.90 Å². The van der Waals surface area contributed by atoms with Gasteiger partial charge in [0.25, 0.3) is 0 Å². The van der Waals surface area contributed by atoms with Crippen molar-refractivity contribution in [2.24, 2.45) is 0 Å². The molecule has 0 saturated heterocycles. The second kappa shape index (κ2) is 6.58. The minimum Gasteiger partial charge on any atom is -0.368 e. The zero-order chi connectivity index (χ0) is 18.0. The van der Waals surface area contributed by atoms with Crippen LogP contribution in [0.1, 0.15) is 0 Å². The van der Waals surface area contributed by atoms with Gasteiger partial charge in [0.15, 0.2) is 0 Å². The summed E-state index contributed by atoms with van der Waals surface area (Å²) in [6.07, 6.45) is 2.86. The van der Waals surface area contributed by atoms with Gasteiger partial charge in [0, 0.05) is 29.1 Å². The molecule has 0 saturated carbocycles. The van der Waals surface area contributed by atoms with Gasteiger partial charge in [-0.3, -0.25) is 0 Å².